The van der Waals surface area contributed by atoms with Gasteiger partial charge in [0.2, 0.25) is 5.91 Å². The zero-order valence-corrected chi connectivity index (χ0v) is 41.7. The molecule has 1 saturated heterocycles. The lowest BCUT2D eigenvalue weighted by Gasteiger charge is -2.36. The Bertz CT molecular complexity index is 3130. The van der Waals surface area contributed by atoms with E-state index in [-0.39, 0.29) is 48.7 Å². The van der Waals surface area contributed by atoms with Gasteiger partial charge in [-0.15, -0.1) is 0 Å². The molecule has 4 N–H and O–H groups in total. The van der Waals surface area contributed by atoms with E-state index in [4.69, 9.17) is 24.2 Å². The standard InChI is InChI=1S/C53H61N9O10/c1-9-34-29(2)40-23-45-38-13-10-37(50(66)71-7)49(51(67)72-8)53(38,5)46(59-45)25-41-31(4)36(12-15-48(65)70-6)44(58-41)24-43-35(30(3)39(57-43)22-42(34)56-40)11-14-47(64)55-26-32-16-19-60(20-17-32)27-33(63)28-61-21-18-54-52(61)62(68)69/h9-10,13,18,21-25,32-33,49,56,58,63H,1,11-12,14-17,19-20,26-28H2,2-8H3,(H,55,64)/t33?,49-,53+/m0/s1. The topological polar surface area (TPSA) is 250 Å². The van der Waals surface area contributed by atoms with Gasteiger partial charge in [0.1, 0.15) is 18.3 Å². The first kappa shape index (κ1) is 50.9. The number of nitro groups is 1. The third kappa shape index (κ3) is 9.90. The van der Waals surface area contributed by atoms with Crippen LogP contribution in [0.15, 0.2) is 61.0 Å². The Morgan fingerprint density at radius 2 is 1.62 bits per heavy atom. The SMILES string of the molecule is C=Cc1c(C)c2cc3nc(cc4[nH]c(cc5nc(cc1[nH]2)C(C)=C5CCC(=O)NCC1CCN(CC(O)Cn2ccnc2[N+](=O)[O-])CC1)c(CCC(=O)OC)c4C)[C@@]1(C)C3=CC=C(C(=O)OC)[C@H]1C(=O)OC. The normalized spacial score (nSPS) is 18.4. The highest BCUT2D eigenvalue weighted by Gasteiger charge is 2.53. The number of aliphatic hydroxyl groups is 1. The van der Waals surface area contributed by atoms with Crippen LogP contribution in [0.25, 0.3) is 44.9 Å². The molecule has 1 aliphatic carbocycles. The molecule has 8 rings (SSSR count). The van der Waals surface area contributed by atoms with Gasteiger partial charge >= 0.3 is 23.9 Å². The first-order chi connectivity index (χ1) is 34.5. The van der Waals surface area contributed by atoms with Crippen LogP contribution in [0.5, 0.6) is 0 Å². The van der Waals surface area contributed by atoms with Gasteiger partial charge in [-0.25, -0.2) is 14.3 Å². The second kappa shape index (κ2) is 21.1. The zero-order chi connectivity index (χ0) is 51.6. The van der Waals surface area contributed by atoms with Crippen LogP contribution in [-0.4, -0.2) is 122 Å². The Morgan fingerprint density at radius 1 is 0.917 bits per heavy atom. The number of piperidine rings is 1. The lowest BCUT2D eigenvalue weighted by atomic mass is 9.64. The molecule has 1 fully saturated rings. The third-order valence-corrected chi connectivity index (χ3v) is 14.8. The summed E-state index contributed by atoms with van der Waals surface area (Å²) in [6.45, 7) is 14.3. The van der Waals surface area contributed by atoms with Gasteiger partial charge in [-0.05, 0) is 135 Å². The molecule has 4 aromatic rings. The predicted octanol–water partition coefficient (Wildman–Crippen LogP) is 6.63. The number of aromatic nitrogens is 6. The number of likely N-dealkylation sites (tertiary alicyclic amines) is 1. The molecule has 7 heterocycles. The van der Waals surface area contributed by atoms with Crippen LogP contribution in [0.1, 0.15) is 91.0 Å². The van der Waals surface area contributed by atoms with Gasteiger partial charge in [-0.2, -0.15) is 0 Å². The number of ether oxygens (including phenoxy) is 3. The molecule has 72 heavy (non-hydrogen) atoms. The molecule has 0 radical (unpaired) electrons. The van der Waals surface area contributed by atoms with E-state index in [2.05, 4.69) is 31.7 Å². The highest BCUT2D eigenvalue weighted by Crippen LogP contribution is 2.52. The van der Waals surface area contributed by atoms with Crippen LogP contribution in [0.2, 0.25) is 0 Å². The number of aryl methyl sites for hydroxylation is 3. The van der Waals surface area contributed by atoms with Crippen molar-refractivity contribution in [3.8, 4) is 0 Å². The van der Waals surface area contributed by atoms with Crippen LogP contribution in [0, 0.1) is 35.8 Å². The summed E-state index contributed by atoms with van der Waals surface area (Å²) in [5.74, 6) is -2.94. The van der Waals surface area contributed by atoms with Crippen molar-refractivity contribution >= 4 is 74.6 Å². The number of hydrogen-bond donors (Lipinski definition) is 4. The number of aromatic amines is 2. The predicted molar refractivity (Wildman–Crippen MR) is 271 cm³/mol. The molecule has 1 amide bonds. The average molecular weight is 984 g/mol. The highest BCUT2D eigenvalue weighted by atomic mass is 16.6. The third-order valence-electron chi connectivity index (χ3n) is 14.8. The molecule has 19 nitrogen and oxygen atoms in total. The van der Waals surface area contributed by atoms with Crippen molar-refractivity contribution in [2.75, 3.05) is 47.5 Å². The quantitative estimate of drug-likeness (QED) is 0.0398. The number of fused-ring (bicyclic) bond motifs is 11. The van der Waals surface area contributed by atoms with Crippen LogP contribution >= 0.6 is 0 Å². The van der Waals surface area contributed by atoms with E-state index in [0.717, 1.165) is 70.4 Å². The maximum absolute atomic E-state index is 13.9. The highest BCUT2D eigenvalue weighted by molar-refractivity contribution is 6.02. The number of hydrogen-bond acceptors (Lipinski definition) is 14. The summed E-state index contributed by atoms with van der Waals surface area (Å²) in [7, 11) is 3.91. The van der Waals surface area contributed by atoms with Gasteiger partial charge in [0.05, 0.1) is 67.7 Å². The molecule has 4 aromatic heterocycles. The number of nitrogens with zero attached hydrogens (tertiary/aromatic N) is 6. The van der Waals surface area contributed by atoms with Gasteiger partial charge in [-0.1, -0.05) is 29.8 Å². The van der Waals surface area contributed by atoms with Gasteiger partial charge in [0, 0.05) is 53.6 Å². The van der Waals surface area contributed by atoms with Crippen LogP contribution < -0.4 is 5.32 Å². The van der Waals surface area contributed by atoms with Crippen molar-refractivity contribution in [1.29, 1.82) is 0 Å². The van der Waals surface area contributed by atoms with Crippen molar-refractivity contribution in [2.24, 2.45) is 11.8 Å². The van der Waals surface area contributed by atoms with E-state index < -0.39 is 34.3 Å². The summed E-state index contributed by atoms with van der Waals surface area (Å²) in [6.07, 6.45) is 9.87. The Labute approximate surface area is 416 Å². The number of amides is 1. The molecule has 378 valence electrons. The lowest BCUT2D eigenvalue weighted by molar-refractivity contribution is -0.397. The fourth-order valence-corrected chi connectivity index (χ4v) is 10.6. The van der Waals surface area contributed by atoms with Crippen LogP contribution in [-0.2, 0) is 51.8 Å². The molecule has 8 bridgehead atoms. The molecule has 3 aliphatic heterocycles. The molecule has 19 heteroatoms. The molecular formula is C53H61N9O10. The number of H-pyrrole nitrogens is 2. The number of allylic oxidation sites excluding steroid dienone is 5. The Kier molecular flexibility index (Phi) is 14.9. The zero-order valence-electron chi connectivity index (χ0n) is 41.7. The number of carbonyl (C=O) groups is 4. The number of nitrogens with one attached hydrogen (secondary N) is 3. The monoisotopic (exact) mass is 983 g/mol. The van der Waals surface area contributed by atoms with Crippen molar-refractivity contribution in [2.45, 2.75) is 84.3 Å². The Balaban J connectivity index is 1.13. The lowest BCUT2D eigenvalue weighted by Crippen LogP contribution is -2.42. The van der Waals surface area contributed by atoms with Gasteiger partial charge in [0.15, 0.2) is 0 Å². The van der Waals surface area contributed by atoms with Crippen molar-refractivity contribution < 1.29 is 43.4 Å². The van der Waals surface area contributed by atoms with Crippen molar-refractivity contribution in [3.05, 3.63) is 116 Å². The van der Waals surface area contributed by atoms with E-state index in [1.807, 2.05) is 58.0 Å². The minimum Gasteiger partial charge on any atom is -0.469 e. The summed E-state index contributed by atoms with van der Waals surface area (Å²) in [5, 5.41) is 25.1. The number of β-amino-alcohol motifs (C(OH)–C–C–N with tert-alkyl or cyclic N) is 1. The van der Waals surface area contributed by atoms with E-state index in [9.17, 15) is 34.4 Å². The molecule has 3 atom stereocenters. The molecule has 4 aliphatic rings. The number of methoxy groups -OCH3 is 3. The summed E-state index contributed by atoms with van der Waals surface area (Å²) < 4.78 is 16.9. The largest absolute Gasteiger partial charge is 0.469 e. The number of rotatable bonds is 16. The van der Waals surface area contributed by atoms with Crippen molar-refractivity contribution in [1.82, 2.24) is 39.7 Å². The summed E-state index contributed by atoms with van der Waals surface area (Å²) >= 11 is 0. The fraction of sp³-hybridized carbons (Fsp3) is 0.415. The molecule has 0 aromatic carbocycles. The molecule has 0 saturated carbocycles. The summed E-state index contributed by atoms with van der Waals surface area (Å²) in [4.78, 5) is 87.7. The first-order valence-electron chi connectivity index (χ1n) is 24.0. The Morgan fingerprint density at radius 3 is 2.32 bits per heavy atom. The number of carbonyl (C=O) groups excluding carboxylic acids is 4. The maximum Gasteiger partial charge on any atom is 0.434 e. The minimum atomic E-state index is -1.20. The fourth-order valence-electron chi connectivity index (χ4n) is 10.6. The summed E-state index contributed by atoms with van der Waals surface area (Å²) in [6, 6.07) is 7.74. The molecule has 1 unspecified atom stereocenters. The minimum absolute atomic E-state index is 0.0689. The first-order valence-corrected chi connectivity index (χ1v) is 24.0. The summed E-state index contributed by atoms with van der Waals surface area (Å²) in [5.41, 5.74) is 10.1. The average Bonchev–Trinajstić information content (AvgIpc) is 4.15. The maximum atomic E-state index is 13.9. The number of imidazole rings is 1. The van der Waals surface area contributed by atoms with Gasteiger partial charge in [0.25, 0.3) is 0 Å². The smallest absolute Gasteiger partial charge is 0.434 e. The number of aliphatic hydroxyl groups excluding tert-OH is 1. The van der Waals surface area contributed by atoms with Gasteiger partial charge in [-0.3, -0.25) is 19.4 Å². The number of esters is 3. The second-order valence-electron chi connectivity index (χ2n) is 19.0. The van der Waals surface area contributed by atoms with E-state index in [1.165, 1.54) is 38.3 Å². The van der Waals surface area contributed by atoms with E-state index in [0.29, 0.717) is 65.3 Å². The van der Waals surface area contributed by atoms with Gasteiger partial charge < -0.3 is 49.6 Å². The van der Waals surface area contributed by atoms with E-state index >= 15 is 0 Å². The Hall–Kier alpha value is -7.51. The van der Waals surface area contributed by atoms with Crippen LogP contribution in [0.3, 0.4) is 0 Å². The van der Waals surface area contributed by atoms with Crippen LogP contribution in [0.4, 0.5) is 5.95 Å². The molecule has 0 spiro atoms. The molecular weight excluding hydrogens is 923 g/mol. The second-order valence-corrected chi connectivity index (χ2v) is 19.0. The van der Waals surface area contributed by atoms with E-state index in [1.54, 1.807) is 12.2 Å². The van der Waals surface area contributed by atoms with Crippen molar-refractivity contribution in [3.63, 3.8) is 0 Å².